The molecule has 0 saturated heterocycles. The SMILES string of the molecule is FC(F)(F)C(F)(F)COc1cc(Cl)ccc1I. The van der Waals surface area contributed by atoms with Crippen LogP contribution in [0.5, 0.6) is 5.75 Å². The van der Waals surface area contributed by atoms with Crippen LogP contribution in [-0.2, 0) is 0 Å². The summed E-state index contributed by atoms with van der Waals surface area (Å²) in [5.74, 6) is -5.00. The second kappa shape index (κ2) is 5.13. The topological polar surface area (TPSA) is 9.23 Å². The van der Waals surface area contributed by atoms with Gasteiger partial charge in [-0.15, -0.1) is 0 Å². The molecule has 0 atom stereocenters. The first-order chi connectivity index (χ1) is 7.63. The zero-order chi connectivity index (χ0) is 13.3. The van der Waals surface area contributed by atoms with E-state index in [4.69, 9.17) is 11.6 Å². The van der Waals surface area contributed by atoms with Crippen LogP contribution in [0.2, 0.25) is 5.02 Å². The van der Waals surface area contributed by atoms with E-state index in [1.807, 2.05) is 0 Å². The molecule has 0 radical (unpaired) electrons. The van der Waals surface area contributed by atoms with Gasteiger partial charge in [0.25, 0.3) is 0 Å². The molecule has 1 nitrogen and oxygen atoms in total. The Kier molecular flexibility index (Phi) is 4.45. The third-order valence-electron chi connectivity index (χ3n) is 1.72. The first-order valence-electron chi connectivity index (χ1n) is 4.16. The molecule has 0 saturated carbocycles. The van der Waals surface area contributed by atoms with Gasteiger partial charge >= 0.3 is 12.1 Å². The smallest absolute Gasteiger partial charge is 0.456 e. The monoisotopic (exact) mass is 386 g/mol. The van der Waals surface area contributed by atoms with Gasteiger partial charge in [0.15, 0.2) is 6.61 Å². The minimum absolute atomic E-state index is 0.109. The van der Waals surface area contributed by atoms with E-state index in [2.05, 4.69) is 4.74 Å². The van der Waals surface area contributed by atoms with Crippen molar-refractivity contribution in [3.8, 4) is 5.75 Å². The van der Waals surface area contributed by atoms with E-state index in [1.165, 1.54) is 18.2 Å². The molecule has 0 heterocycles. The molecule has 8 heteroatoms. The van der Waals surface area contributed by atoms with Gasteiger partial charge in [0.1, 0.15) is 5.75 Å². The molecule has 96 valence electrons. The molecule has 0 N–H and O–H groups in total. The highest BCUT2D eigenvalue weighted by atomic mass is 127. The van der Waals surface area contributed by atoms with Crippen LogP contribution in [0.1, 0.15) is 0 Å². The van der Waals surface area contributed by atoms with Crippen LogP contribution in [0, 0.1) is 3.57 Å². The maximum absolute atomic E-state index is 12.6. The molecule has 1 rings (SSSR count). The Morgan fingerprint density at radius 1 is 1.18 bits per heavy atom. The van der Waals surface area contributed by atoms with Crippen molar-refractivity contribution in [1.82, 2.24) is 0 Å². The second-order valence-corrected chi connectivity index (χ2v) is 4.66. The zero-order valence-corrected chi connectivity index (χ0v) is 10.9. The van der Waals surface area contributed by atoms with Gasteiger partial charge in [-0.05, 0) is 40.8 Å². The summed E-state index contributed by atoms with van der Waals surface area (Å²) >= 11 is 7.30. The molecule has 0 amide bonds. The summed E-state index contributed by atoms with van der Waals surface area (Å²) in [6.45, 7) is -1.77. The molecule has 1 aromatic carbocycles. The predicted molar refractivity (Wildman–Crippen MR) is 60.7 cm³/mol. The van der Waals surface area contributed by atoms with Crippen molar-refractivity contribution in [2.45, 2.75) is 12.1 Å². The minimum atomic E-state index is -5.63. The average molecular weight is 386 g/mol. The van der Waals surface area contributed by atoms with E-state index >= 15 is 0 Å². The molecule has 0 aliphatic heterocycles. The van der Waals surface area contributed by atoms with Crippen LogP contribution in [0.3, 0.4) is 0 Å². The summed E-state index contributed by atoms with van der Waals surface area (Å²) in [6, 6.07) is 4.10. The van der Waals surface area contributed by atoms with Gasteiger partial charge in [-0.1, -0.05) is 11.6 Å². The quantitative estimate of drug-likeness (QED) is 0.548. The number of alkyl halides is 5. The van der Waals surface area contributed by atoms with E-state index in [9.17, 15) is 22.0 Å². The summed E-state index contributed by atoms with van der Waals surface area (Å²) in [5.41, 5.74) is 0. The van der Waals surface area contributed by atoms with Crippen LogP contribution in [0.25, 0.3) is 0 Å². The number of hydrogen-bond donors (Lipinski definition) is 0. The fourth-order valence-electron chi connectivity index (χ4n) is 0.838. The summed E-state index contributed by atoms with van der Waals surface area (Å²) in [6.07, 6.45) is -5.63. The third-order valence-corrected chi connectivity index (χ3v) is 2.84. The summed E-state index contributed by atoms with van der Waals surface area (Å²) < 4.78 is 65.5. The van der Waals surface area contributed by atoms with E-state index < -0.39 is 18.7 Å². The number of ether oxygens (including phenoxy) is 1. The van der Waals surface area contributed by atoms with Crippen molar-refractivity contribution in [3.63, 3.8) is 0 Å². The van der Waals surface area contributed by atoms with Crippen LogP contribution < -0.4 is 4.74 Å². The highest BCUT2D eigenvalue weighted by molar-refractivity contribution is 14.1. The molecule has 0 aliphatic rings. The highest BCUT2D eigenvalue weighted by Crippen LogP contribution is 2.36. The van der Waals surface area contributed by atoms with Gasteiger partial charge in [0.2, 0.25) is 0 Å². The van der Waals surface area contributed by atoms with Gasteiger partial charge in [0.05, 0.1) is 3.57 Å². The fraction of sp³-hybridized carbons (Fsp3) is 0.333. The first kappa shape index (κ1) is 14.7. The summed E-state index contributed by atoms with van der Waals surface area (Å²) in [7, 11) is 0. The Hall–Kier alpha value is -0.310. The molecule has 0 unspecified atom stereocenters. The molecule has 0 bridgehead atoms. The van der Waals surface area contributed by atoms with Crippen LogP contribution >= 0.6 is 34.2 Å². The van der Waals surface area contributed by atoms with Crippen molar-refractivity contribution in [1.29, 1.82) is 0 Å². The summed E-state index contributed by atoms with van der Waals surface area (Å²) in [5, 5.41) is 0.191. The lowest BCUT2D eigenvalue weighted by Crippen LogP contribution is -2.41. The lowest BCUT2D eigenvalue weighted by atomic mass is 10.3. The van der Waals surface area contributed by atoms with Crippen LogP contribution in [-0.4, -0.2) is 18.7 Å². The van der Waals surface area contributed by atoms with E-state index in [-0.39, 0.29) is 10.8 Å². The Bertz CT molecular complexity index is 407. The molecule has 0 aliphatic carbocycles. The molecular formula is C9H5ClF5IO. The number of hydrogen-bond acceptors (Lipinski definition) is 1. The Labute approximate surface area is 112 Å². The number of benzene rings is 1. The fourth-order valence-corrected chi connectivity index (χ4v) is 1.49. The maximum Gasteiger partial charge on any atom is 0.456 e. The largest absolute Gasteiger partial charge is 0.486 e. The van der Waals surface area contributed by atoms with Crippen molar-refractivity contribution in [3.05, 3.63) is 26.8 Å². The van der Waals surface area contributed by atoms with Gasteiger partial charge < -0.3 is 4.74 Å². The van der Waals surface area contributed by atoms with Crippen molar-refractivity contribution < 1.29 is 26.7 Å². The van der Waals surface area contributed by atoms with Crippen molar-refractivity contribution >= 4 is 34.2 Å². The molecule has 1 aromatic rings. The average Bonchev–Trinajstić information content (AvgIpc) is 2.18. The third kappa shape index (κ3) is 3.84. The van der Waals surface area contributed by atoms with Gasteiger partial charge in [0, 0.05) is 5.02 Å². The number of rotatable bonds is 3. The first-order valence-corrected chi connectivity index (χ1v) is 5.61. The van der Waals surface area contributed by atoms with E-state index in [0.29, 0.717) is 3.57 Å². The Morgan fingerprint density at radius 3 is 2.29 bits per heavy atom. The molecule has 17 heavy (non-hydrogen) atoms. The Balaban J connectivity index is 2.77. The van der Waals surface area contributed by atoms with Crippen molar-refractivity contribution in [2.24, 2.45) is 0 Å². The van der Waals surface area contributed by atoms with Gasteiger partial charge in [-0.25, -0.2) is 0 Å². The van der Waals surface area contributed by atoms with Crippen LogP contribution in [0.15, 0.2) is 18.2 Å². The summed E-state index contributed by atoms with van der Waals surface area (Å²) in [4.78, 5) is 0. The van der Waals surface area contributed by atoms with E-state index in [1.54, 1.807) is 22.6 Å². The second-order valence-electron chi connectivity index (χ2n) is 3.07. The van der Waals surface area contributed by atoms with Crippen molar-refractivity contribution in [2.75, 3.05) is 6.61 Å². The highest BCUT2D eigenvalue weighted by Gasteiger charge is 2.58. The normalized spacial score (nSPS) is 12.6. The van der Waals surface area contributed by atoms with Gasteiger partial charge in [-0.2, -0.15) is 22.0 Å². The minimum Gasteiger partial charge on any atom is -0.486 e. The zero-order valence-electron chi connectivity index (χ0n) is 7.99. The van der Waals surface area contributed by atoms with Crippen LogP contribution in [0.4, 0.5) is 22.0 Å². The predicted octanol–water partition coefficient (Wildman–Crippen LogP) is 4.52. The molecule has 0 fully saturated rings. The standard InChI is InChI=1S/C9H5ClF5IO/c10-5-1-2-6(16)7(3-5)17-4-8(11,12)9(13,14)15/h1-3H,4H2. The molecule has 0 aromatic heterocycles. The Morgan fingerprint density at radius 2 is 1.76 bits per heavy atom. The van der Waals surface area contributed by atoms with Gasteiger partial charge in [-0.3, -0.25) is 0 Å². The lowest BCUT2D eigenvalue weighted by molar-refractivity contribution is -0.290. The molecular weight excluding hydrogens is 381 g/mol. The number of halogens is 7. The van der Waals surface area contributed by atoms with E-state index in [0.717, 1.165) is 0 Å². The maximum atomic E-state index is 12.6. The molecule has 0 spiro atoms. The lowest BCUT2D eigenvalue weighted by Gasteiger charge is -2.20.